The first-order valence-electron chi connectivity index (χ1n) is 19.0. The molecular formula is C39H47N5O8S. The minimum Gasteiger partial charge on any atom is -0.472 e. The first-order valence-corrected chi connectivity index (χ1v) is 20.6. The molecule has 0 radical (unpaired) electrons. The molecule has 6 aliphatic rings. The fraction of sp³-hybridized carbons (Fsp3) is 0.564. The first-order chi connectivity index (χ1) is 25.5. The fourth-order valence-electron chi connectivity index (χ4n) is 8.86. The molecule has 1 unspecified atom stereocenters. The zero-order valence-electron chi connectivity index (χ0n) is 29.7. The zero-order valence-corrected chi connectivity index (χ0v) is 30.5. The summed E-state index contributed by atoms with van der Waals surface area (Å²) >= 11 is 0. The highest BCUT2D eigenvalue weighted by Gasteiger charge is 2.62. The van der Waals surface area contributed by atoms with Crippen LogP contribution in [0.25, 0.3) is 16.8 Å². The number of alkyl carbamates (subject to hydrolysis) is 1. The average Bonchev–Trinajstić information content (AvgIpc) is 3.93. The van der Waals surface area contributed by atoms with Crippen molar-refractivity contribution in [2.45, 2.75) is 112 Å². The fourth-order valence-corrected chi connectivity index (χ4v) is 10.2. The standard InChI is InChI=1S/C39H47N5O8S/c1-2-27-21-39(27,37(47)43-53(49,50)29-15-16-29)42-34(45)31-20-28-22-44(31)36(46)33(26-8-3-4-9-26)41-38(48)52-32-12-6-11-25(32)10-5-7-23-13-14-24-17-18-40-35(51-28)30(24)19-23/h2,5,7,13-14,17-19,25-29,31-33H,1,3-4,6,8-12,15-16,20-22H2,(H,41,48)(H,42,45)(H,43,47)/b7-5+/t25-,27-,28-,31+,32-,33-,39?/m1/s1. The number of amides is 4. The van der Waals surface area contributed by atoms with Crippen molar-refractivity contribution in [2.24, 2.45) is 17.8 Å². The summed E-state index contributed by atoms with van der Waals surface area (Å²) < 4.78 is 40.2. The molecule has 3 N–H and O–H groups in total. The Morgan fingerprint density at radius 2 is 1.81 bits per heavy atom. The van der Waals surface area contributed by atoms with E-state index >= 15 is 0 Å². The van der Waals surface area contributed by atoms with E-state index in [0.717, 1.165) is 67.7 Å². The number of nitrogens with zero attached hydrogens (tertiary/aromatic N) is 2. The third-order valence-corrected chi connectivity index (χ3v) is 14.0. The first kappa shape index (κ1) is 35.6. The van der Waals surface area contributed by atoms with Crippen LogP contribution in [0.15, 0.2) is 49.2 Å². The lowest BCUT2D eigenvalue weighted by Gasteiger charge is -2.32. The largest absolute Gasteiger partial charge is 0.472 e. The maximum Gasteiger partial charge on any atom is 0.408 e. The Balaban J connectivity index is 1.13. The molecule has 2 aliphatic heterocycles. The minimum absolute atomic E-state index is 0.0272. The van der Waals surface area contributed by atoms with Crippen LogP contribution in [0.1, 0.15) is 82.6 Å². The van der Waals surface area contributed by atoms with Gasteiger partial charge in [-0.25, -0.2) is 18.2 Å². The van der Waals surface area contributed by atoms with Crippen LogP contribution in [0.4, 0.5) is 4.79 Å². The molecule has 5 fully saturated rings. The summed E-state index contributed by atoms with van der Waals surface area (Å²) in [6, 6.07) is 5.91. The van der Waals surface area contributed by atoms with Gasteiger partial charge in [-0.05, 0) is 92.7 Å². The van der Waals surface area contributed by atoms with Gasteiger partial charge in [0.2, 0.25) is 27.7 Å². The number of carbonyl (C=O) groups excluding carboxylic acids is 4. The van der Waals surface area contributed by atoms with Crippen molar-refractivity contribution in [3.8, 4) is 5.88 Å². The number of fused-ring (bicyclic) bond motifs is 4. The molecule has 7 atom stereocenters. The lowest BCUT2D eigenvalue weighted by atomic mass is 9.96. The smallest absolute Gasteiger partial charge is 0.408 e. The molecule has 1 aromatic heterocycles. The monoisotopic (exact) mass is 745 g/mol. The van der Waals surface area contributed by atoms with Crippen LogP contribution in [0.3, 0.4) is 0 Å². The molecule has 14 heteroatoms. The van der Waals surface area contributed by atoms with Gasteiger partial charge in [0.25, 0.3) is 5.91 Å². The number of allylic oxidation sites excluding steroid dienone is 1. The van der Waals surface area contributed by atoms with Gasteiger partial charge in [-0.3, -0.25) is 19.1 Å². The van der Waals surface area contributed by atoms with Gasteiger partial charge >= 0.3 is 6.09 Å². The highest BCUT2D eigenvalue weighted by atomic mass is 32.2. The summed E-state index contributed by atoms with van der Waals surface area (Å²) in [5.74, 6) is -1.97. The Bertz CT molecular complexity index is 1960. The molecule has 4 saturated carbocycles. The van der Waals surface area contributed by atoms with Gasteiger partial charge in [-0.1, -0.05) is 43.2 Å². The number of hydrogen-bond acceptors (Lipinski definition) is 9. The SMILES string of the molecule is C=C[C@@H]1CC1(NC(=O)[C@@H]1C[C@@H]2CN1C(=O)[C@@H](C1CCCC1)NC(=O)O[C@@H]1CCC[C@H]1C/C=C/c1ccc3ccnc(c3c1)O2)C(=O)NS(=O)(=O)C1CC1. The molecule has 4 aliphatic carbocycles. The average molecular weight is 746 g/mol. The number of nitrogens with one attached hydrogen (secondary N) is 3. The van der Waals surface area contributed by atoms with Crippen molar-refractivity contribution in [1.29, 1.82) is 0 Å². The van der Waals surface area contributed by atoms with E-state index in [0.29, 0.717) is 18.7 Å². The van der Waals surface area contributed by atoms with Crippen molar-refractivity contribution >= 4 is 50.7 Å². The normalized spacial score (nSPS) is 32.5. The summed E-state index contributed by atoms with van der Waals surface area (Å²) in [5.41, 5.74) is -0.565. The zero-order chi connectivity index (χ0) is 36.9. The number of benzene rings is 1. The molecule has 4 bridgehead atoms. The van der Waals surface area contributed by atoms with Gasteiger partial charge in [0, 0.05) is 23.9 Å². The van der Waals surface area contributed by atoms with E-state index in [9.17, 15) is 27.6 Å². The lowest BCUT2D eigenvalue weighted by molar-refractivity contribution is -0.142. The Hall–Kier alpha value is -4.46. The second-order valence-corrected chi connectivity index (χ2v) is 17.7. The van der Waals surface area contributed by atoms with E-state index in [1.807, 2.05) is 24.3 Å². The van der Waals surface area contributed by atoms with Crippen molar-refractivity contribution in [2.75, 3.05) is 6.54 Å². The third-order valence-electron chi connectivity index (χ3n) is 12.1. The molecule has 13 nitrogen and oxygen atoms in total. The molecule has 4 amide bonds. The van der Waals surface area contributed by atoms with E-state index in [-0.39, 0.29) is 37.3 Å². The maximum absolute atomic E-state index is 14.7. The van der Waals surface area contributed by atoms with E-state index < -0.39 is 68.7 Å². The summed E-state index contributed by atoms with van der Waals surface area (Å²) in [6.45, 7) is 3.83. The van der Waals surface area contributed by atoms with E-state index in [2.05, 4.69) is 39.1 Å². The van der Waals surface area contributed by atoms with Crippen molar-refractivity contribution in [1.82, 2.24) is 25.2 Å². The molecule has 3 heterocycles. The van der Waals surface area contributed by atoms with Gasteiger partial charge in [-0.2, -0.15) is 0 Å². The van der Waals surface area contributed by atoms with Crippen molar-refractivity contribution in [3.05, 3.63) is 54.8 Å². The number of carbonyl (C=O) groups is 4. The van der Waals surface area contributed by atoms with Gasteiger partial charge in [0.05, 0.1) is 11.8 Å². The third kappa shape index (κ3) is 7.14. The number of ether oxygens (including phenoxy) is 2. The summed E-state index contributed by atoms with van der Waals surface area (Å²) in [5, 5.41) is 6.86. The number of aromatic nitrogens is 1. The van der Waals surface area contributed by atoms with Crippen molar-refractivity contribution in [3.63, 3.8) is 0 Å². The second-order valence-electron chi connectivity index (χ2n) is 15.7. The molecule has 8 rings (SSSR count). The van der Waals surface area contributed by atoms with E-state index in [1.54, 1.807) is 6.20 Å². The van der Waals surface area contributed by atoms with Crippen LogP contribution in [0.2, 0.25) is 0 Å². The van der Waals surface area contributed by atoms with Crippen molar-refractivity contribution < 1.29 is 37.1 Å². The Kier molecular flexibility index (Phi) is 9.44. The maximum atomic E-state index is 14.7. The molecule has 0 spiro atoms. The number of pyridine rings is 1. The summed E-state index contributed by atoms with van der Waals surface area (Å²) in [7, 11) is -3.88. The predicted molar refractivity (Wildman–Crippen MR) is 196 cm³/mol. The number of hydrogen-bond donors (Lipinski definition) is 3. The Morgan fingerprint density at radius 1 is 1.02 bits per heavy atom. The van der Waals surface area contributed by atoms with Crippen LogP contribution in [0.5, 0.6) is 5.88 Å². The van der Waals surface area contributed by atoms with Crippen LogP contribution in [-0.2, 0) is 29.1 Å². The highest BCUT2D eigenvalue weighted by Crippen LogP contribution is 2.46. The molecule has 1 saturated heterocycles. The van der Waals surface area contributed by atoms with E-state index in [4.69, 9.17) is 9.47 Å². The molecule has 1 aromatic carbocycles. The minimum atomic E-state index is -3.88. The van der Waals surface area contributed by atoms with Crippen LogP contribution >= 0.6 is 0 Å². The number of rotatable bonds is 7. The lowest BCUT2D eigenvalue weighted by Crippen LogP contribution is -2.59. The van der Waals surface area contributed by atoms with Crippen LogP contribution < -0.4 is 20.1 Å². The van der Waals surface area contributed by atoms with Gasteiger partial charge in [-0.15, -0.1) is 6.58 Å². The summed E-state index contributed by atoms with van der Waals surface area (Å²) in [6.07, 6.45) is 13.6. The van der Waals surface area contributed by atoms with Crippen LogP contribution in [0, 0.1) is 17.8 Å². The molecular weight excluding hydrogens is 699 g/mol. The Morgan fingerprint density at radius 3 is 2.57 bits per heavy atom. The summed E-state index contributed by atoms with van der Waals surface area (Å²) in [4.78, 5) is 62.2. The second kappa shape index (κ2) is 14.1. The van der Waals surface area contributed by atoms with Gasteiger partial charge in [0.15, 0.2) is 0 Å². The molecule has 2 aromatic rings. The van der Waals surface area contributed by atoms with E-state index in [1.165, 1.54) is 11.0 Å². The Labute approximate surface area is 309 Å². The molecule has 282 valence electrons. The van der Waals surface area contributed by atoms with Gasteiger partial charge < -0.3 is 25.0 Å². The van der Waals surface area contributed by atoms with Crippen LogP contribution in [-0.4, -0.2) is 83.7 Å². The number of sulfonamides is 1. The highest BCUT2D eigenvalue weighted by molar-refractivity contribution is 7.91. The topological polar surface area (TPSA) is 173 Å². The molecule has 53 heavy (non-hydrogen) atoms. The predicted octanol–water partition coefficient (Wildman–Crippen LogP) is 4.12. The van der Waals surface area contributed by atoms with Gasteiger partial charge in [0.1, 0.15) is 29.8 Å². The quantitative estimate of drug-likeness (QED) is 0.353.